The van der Waals surface area contributed by atoms with Crippen LogP contribution >= 0.6 is 0 Å². The highest BCUT2D eigenvalue weighted by Gasteiger charge is 2.21. The Bertz CT molecular complexity index is 748. The maximum absolute atomic E-state index is 13.6. The summed E-state index contributed by atoms with van der Waals surface area (Å²) in [6.45, 7) is 0.435. The van der Waals surface area contributed by atoms with Crippen molar-refractivity contribution < 1.29 is 17.2 Å². The summed E-state index contributed by atoms with van der Waals surface area (Å²) in [5.74, 6) is -1.82. The quantitative estimate of drug-likeness (QED) is 0.892. The second-order valence-electron chi connectivity index (χ2n) is 4.37. The van der Waals surface area contributed by atoms with Crippen LogP contribution in [0.3, 0.4) is 0 Å². The predicted octanol–water partition coefficient (Wildman–Crippen LogP) is 2.49. The van der Waals surface area contributed by atoms with E-state index in [0.29, 0.717) is 23.9 Å². The van der Waals surface area contributed by atoms with Crippen LogP contribution in [0, 0.1) is 11.6 Å². The van der Waals surface area contributed by atoms with Crippen molar-refractivity contribution in [3.8, 4) is 0 Å². The molecule has 0 radical (unpaired) electrons. The van der Waals surface area contributed by atoms with E-state index < -0.39 is 26.6 Å². The molecule has 0 fully saturated rings. The molecule has 0 amide bonds. The fourth-order valence-electron chi connectivity index (χ4n) is 1.85. The van der Waals surface area contributed by atoms with Gasteiger partial charge in [-0.15, -0.1) is 0 Å². The molecule has 0 heterocycles. The number of benzene rings is 2. The monoisotopic (exact) mass is 312 g/mol. The van der Waals surface area contributed by atoms with E-state index in [9.17, 15) is 17.2 Å². The van der Waals surface area contributed by atoms with Crippen molar-refractivity contribution in [2.75, 3.05) is 11.8 Å². The first kappa shape index (κ1) is 15.4. The third kappa shape index (κ3) is 3.56. The van der Waals surface area contributed by atoms with Crippen LogP contribution in [-0.4, -0.2) is 15.5 Å². The molecule has 0 saturated heterocycles. The van der Waals surface area contributed by atoms with Crippen LogP contribution in [0.5, 0.6) is 0 Å². The average molecular weight is 312 g/mol. The van der Waals surface area contributed by atoms with E-state index in [1.807, 2.05) is 0 Å². The van der Waals surface area contributed by atoms with Crippen LogP contribution in [0.4, 0.5) is 14.5 Å². The molecular formula is C14H14F2N2O2S. The minimum Gasteiger partial charge on any atom is -0.316 e. The van der Waals surface area contributed by atoms with Crippen molar-refractivity contribution in [3.05, 3.63) is 59.7 Å². The van der Waals surface area contributed by atoms with Gasteiger partial charge in [0, 0.05) is 6.54 Å². The molecule has 0 aliphatic carbocycles. The predicted molar refractivity (Wildman–Crippen MR) is 76.4 cm³/mol. The highest BCUT2D eigenvalue weighted by atomic mass is 32.2. The molecule has 2 rings (SSSR count). The number of anilines is 1. The topological polar surface area (TPSA) is 58.2 Å². The molecule has 0 aliphatic rings. The number of sulfonamides is 1. The summed E-state index contributed by atoms with van der Waals surface area (Å²) < 4.78 is 53.4. The number of rotatable bonds is 5. The van der Waals surface area contributed by atoms with Crippen LogP contribution in [0.25, 0.3) is 0 Å². The Hall–Kier alpha value is -1.99. The second kappa shape index (κ2) is 6.19. The normalized spacial score (nSPS) is 11.4. The Morgan fingerprint density at radius 3 is 2.52 bits per heavy atom. The Balaban J connectivity index is 2.40. The molecule has 0 spiro atoms. The van der Waals surface area contributed by atoms with Gasteiger partial charge in [-0.3, -0.25) is 4.72 Å². The van der Waals surface area contributed by atoms with Gasteiger partial charge in [0.25, 0.3) is 10.0 Å². The van der Waals surface area contributed by atoms with E-state index in [2.05, 4.69) is 10.0 Å². The van der Waals surface area contributed by atoms with Gasteiger partial charge < -0.3 is 5.32 Å². The van der Waals surface area contributed by atoms with Crippen LogP contribution in [0.1, 0.15) is 5.56 Å². The van der Waals surface area contributed by atoms with Gasteiger partial charge in [0.1, 0.15) is 16.5 Å². The lowest BCUT2D eigenvalue weighted by Gasteiger charge is -2.13. The summed E-state index contributed by atoms with van der Waals surface area (Å²) in [7, 11) is -2.48. The minimum atomic E-state index is -4.20. The first-order chi connectivity index (χ1) is 9.94. The second-order valence-corrected chi connectivity index (χ2v) is 6.02. The lowest BCUT2D eigenvalue weighted by molar-refractivity contribution is 0.555. The van der Waals surface area contributed by atoms with Crippen molar-refractivity contribution in [3.63, 3.8) is 0 Å². The fourth-order valence-corrected chi connectivity index (χ4v) is 3.04. The molecule has 0 bridgehead atoms. The van der Waals surface area contributed by atoms with Gasteiger partial charge >= 0.3 is 0 Å². The molecule has 21 heavy (non-hydrogen) atoms. The van der Waals surface area contributed by atoms with Crippen LogP contribution in [0.2, 0.25) is 0 Å². The Labute approximate surface area is 121 Å². The number of nitrogens with one attached hydrogen (secondary N) is 2. The lowest BCUT2D eigenvalue weighted by atomic mass is 10.2. The average Bonchev–Trinajstić information content (AvgIpc) is 2.43. The van der Waals surface area contributed by atoms with Crippen LogP contribution in [0.15, 0.2) is 47.4 Å². The first-order valence-electron chi connectivity index (χ1n) is 6.14. The summed E-state index contributed by atoms with van der Waals surface area (Å²) in [5, 5.41) is 2.90. The molecule has 2 N–H and O–H groups in total. The third-order valence-electron chi connectivity index (χ3n) is 2.81. The van der Waals surface area contributed by atoms with Crippen molar-refractivity contribution in [1.29, 1.82) is 0 Å². The van der Waals surface area contributed by atoms with Gasteiger partial charge in [0.2, 0.25) is 0 Å². The van der Waals surface area contributed by atoms with Gasteiger partial charge in [-0.2, -0.15) is 0 Å². The van der Waals surface area contributed by atoms with Gasteiger partial charge in [-0.25, -0.2) is 17.2 Å². The summed E-state index contributed by atoms with van der Waals surface area (Å²) in [6, 6.07) is 8.99. The zero-order valence-corrected chi connectivity index (χ0v) is 12.0. The van der Waals surface area contributed by atoms with Gasteiger partial charge in [-0.05, 0) is 36.9 Å². The maximum Gasteiger partial charge on any atom is 0.264 e. The molecule has 4 nitrogen and oxygen atoms in total. The summed E-state index contributed by atoms with van der Waals surface area (Å²) in [4.78, 5) is -0.721. The van der Waals surface area contributed by atoms with Crippen molar-refractivity contribution in [2.45, 2.75) is 11.4 Å². The van der Waals surface area contributed by atoms with Crippen LogP contribution in [-0.2, 0) is 16.6 Å². The Morgan fingerprint density at radius 2 is 1.81 bits per heavy atom. The van der Waals surface area contributed by atoms with E-state index in [1.54, 1.807) is 31.3 Å². The minimum absolute atomic E-state index is 0.315. The molecule has 0 saturated carbocycles. The summed E-state index contributed by atoms with van der Waals surface area (Å²) >= 11 is 0. The fraction of sp³-hybridized carbons (Fsp3) is 0.143. The van der Waals surface area contributed by atoms with E-state index in [-0.39, 0.29) is 0 Å². The maximum atomic E-state index is 13.6. The third-order valence-corrected chi connectivity index (χ3v) is 4.19. The van der Waals surface area contributed by atoms with E-state index in [0.717, 1.165) is 12.1 Å². The SMILES string of the molecule is CNCc1ccccc1NS(=O)(=O)c1cc(F)ccc1F. The number of hydrogen-bond donors (Lipinski definition) is 2. The van der Waals surface area contributed by atoms with Gasteiger partial charge in [0.15, 0.2) is 0 Å². The smallest absolute Gasteiger partial charge is 0.264 e. The zero-order chi connectivity index (χ0) is 15.5. The molecule has 2 aromatic rings. The Kier molecular flexibility index (Phi) is 4.54. The molecular weight excluding hydrogens is 298 g/mol. The zero-order valence-electron chi connectivity index (χ0n) is 11.2. The van der Waals surface area contributed by atoms with Crippen LogP contribution < -0.4 is 10.0 Å². The number of para-hydroxylation sites is 1. The molecule has 0 aromatic heterocycles. The van der Waals surface area contributed by atoms with E-state index in [1.165, 1.54) is 0 Å². The van der Waals surface area contributed by atoms with Crippen molar-refractivity contribution in [2.24, 2.45) is 0 Å². The summed E-state index contributed by atoms with van der Waals surface area (Å²) in [5.41, 5.74) is 1.01. The molecule has 7 heteroatoms. The van der Waals surface area contributed by atoms with Crippen molar-refractivity contribution >= 4 is 15.7 Å². The Morgan fingerprint density at radius 1 is 1.10 bits per heavy atom. The largest absolute Gasteiger partial charge is 0.316 e. The highest BCUT2D eigenvalue weighted by Crippen LogP contribution is 2.22. The molecule has 0 atom stereocenters. The van der Waals surface area contributed by atoms with E-state index >= 15 is 0 Å². The lowest BCUT2D eigenvalue weighted by Crippen LogP contribution is -2.17. The highest BCUT2D eigenvalue weighted by molar-refractivity contribution is 7.92. The number of hydrogen-bond acceptors (Lipinski definition) is 3. The standard InChI is InChI=1S/C14H14F2N2O2S/c1-17-9-10-4-2-3-5-13(10)18-21(19,20)14-8-11(15)6-7-12(14)16/h2-8,17-18H,9H2,1H3. The number of halogens is 2. The molecule has 0 unspecified atom stereocenters. The van der Waals surface area contributed by atoms with E-state index in [4.69, 9.17) is 0 Å². The molecule has 2 aromatic carbocycles. The molecule has 112 valence electrons. The summed E-state index contributed by atoms with van der Waals surface area (Å²) in [6.07, 6.45) is 0. The van der Waals surface area contributed by atoms with Crippen molar-refractivity contribution in [1.82, 2.24) is 5.32 Å². The van der Waals surface area contributed by atoms with Gasteiger partial charge in [0.05, 0.1) is 5.69 Å². The first-order valence-corrected chi connectivity index (χ1v) is 7.63. The van der Waals surface area contributed by atoms with Gasteiger partial charge in [-0.1, -0.05) is 18.2 Å². The molecule has 0 aliphatic heterocycles.